The Bertz CT molecular complexity index is 782. The molecule has 2 saturated heterocycles. The second-order valence-electron chi connectivity index (χ2n) is 7.63. The van der Waals surface area contributed by atoms with Crippen LogP contribution in [0, 0.1) is 6.92 Å². The van der Waals surface area contributed by atoms with E-state index in [-0.39, 0.29) is 6.03 Å². The number of urea groups is 1. The number of hydrogen-bond donors (Lipinski definition) is 1. The first kappa shape index (κ1) is 18.3. The third-order valence-electron chi connectivity index (χ3n) is 5.66. The number of carbonyl (C=O) groups is 1. The molecule has 2 fully saturated rings. The lowest BCUT2D eigenvalue weighted by Crippen LogP contribution is -2.48. The molecule has 6 heteroatoms. The van der Waals surface area contributed by atoms with Gasteiger partial charge in [-0.3, -0.25) is 4.90 Å². The van der Waals surface area contributed by atoms with Crippen molar-refractivity contribution in [3.05, 3.63) is 30.0 Å². The number of piperidine rings is 1. The average Bonchev–Trinajstić information content (AvgIpc) is 3.06. The van der Waals surface area contributed by atoms with Crippen molar-refractivity contribution in [2.45, 2.75) is 38.6 Å². The van der Waals surface area contributed by atoms with Gasteiger partial charge in [0.2, 0.25) is 0 Å². The quantitative estimate of drug-likeness (QED) is 0.887. The lowest BCUT2D eigenvalue weighted by Gasteiger charge is -2.37. The summed E-state index contributed by atoms with van der Waals surface area (Å²) in [4.78, 5) is 17.4. The molecule has 3 heterocycles. The Balaban J connectivity index is 1.38. The summed E-state index contributed by atoms with van der Waals surface area (Å²) in [5.41, 5.74) is 1.68. The van der Waals surface area contributed by atoms with E-state index in [0.717, 1.165) is 81.1 Å². The molecule has 146 valence electrons. The van der Waals surface area contributed by atoms with Crippen LogP contribution in [-0.2, 0) is 4.74 Å². The van der Waals surface area contributed by atoms with E-state index in [1.807, 2.05) is 36.1 Å². The van der Waals surface area contributed by atoms with Crippen molar-refractivity contribution in [3.63, 3.8) is 0 Å². The van der Waals surface area contributed by atoms with Crippen molar-refractivity contribution in [2.75, 3.05) is 44.7 Å². The largest absolute Gasteiger partial charge is 0.461 e. The molecule has 4 rings (SSSR count). The molecular weight excluding hydrogens is 342 g/mol. The topological polar surface area (TPSA) is 58.0 Å². The number of furan rings is 1. The summed E-state index contributed by atoms with van der Waals surface area (Å²) >= 11 is 0. The maximum Gasteiger partial charge on any atom is 0.322 e. The zero-order chi connectivity index (χ0) is 18.6. The van der Waals surface area contributed by atoms with Crippen LogP contribution in [0.3, 0.4) is 0 Å². The van der Waals surface area contributed by atoms with Crippen molar-refractivity contribution in [1.29, 1.82) is 0 Å². The molecule has 2 aliphatic heterocycles. The Hall–Kier alpha value is -2.05. The standard InChI is InChI=1S/C21H29N3O3/c1-16-14-17-15-18(5-6-20(17)27-16)22-21(25)24-8-3-2-4-19(24)7-9-23-10-12-26-13-11-23/h5-6,14-15,19H,2-4,7-13H2,1H3,(H,22,25)/t19-/m0/s1. The van der Waals surface area contributed by atoms with E-state index in [0.29, 0.717) is 6.04 Å². The third kappa shape index (κ3) is 4.45. The molecule has 2 aromatic rings. The number of likely N-dealkylation sites (tertiary alicyclic amines) is 1. The van der Waals surface area contributed by atoms with Crippen molar-refractivity contribution < 1.29 is 13.9 Å². The number of hydrogen-bond acceptors (Lipinski definition) is 4. The second kappa shape index (κ2) is 8.31. The minimum Gasteiger partial charge on any atom is -0.461 e. The van der Waals surface area contributed by atoms with Gasteiger partial charge in [0.25, 0.3) is 0 Å². The number of aryl methyl sites for hydroxylation is 1. The van der Waals surface area contributed by atoms with Gasteiger partial charge in [0.15, 0.2) is 0 Å². The second-order valence-corrected chi connectivity index (χ2v) is 7.63. The molecular formula is C21H29N3O3. The first-order chi connectivity index (χ1) is 13.2. The molecule has 6 nitrogen and oxygen atoms in total. The van der Waals surface area contributed by atoms with E-state index in [1.54, 1.807) is 0 Å². The fourth-order valence-electron chi connectivity index (χ4n) is 4.17. The number of nitrogens with one attached hydrogen (secondary N) is 1. The van der Waals surface area contributed by atoms with Crippen LogP contribution >= 0.6 is 0 Å². The number of rotatable bonds is 4. The van der Waals surface area contributed by atoms with Crippen LogP contribution in [0.2, 0.25) is 0 Å². The van der Waals surface area contributed by atoms with Gasteiger partial charge in [0.1, 0.15) is 11.3 Å². The number of benzene rings is 1. The Morgan fingerprint density at radius 3 is 2.89 bits per heavy atom. The van der Waals surface area contributed by atoms with E-state index >= 15 is 0 Å². The van der Waals surface area contributed by atoms with Gasteiger partial charge in [-0.2, -0.15) is 0 Å². The van der Waals surface area contributed by atoms with Crippen molar-refractivity contribution in [3.8, 4) is 0 Å². The minimum atomic E-state index is 0.0150. The third-order valence-corrected chi connectivity index (χ3v) is 5.66. The minimum absolute atomic E-state index is 0.0150. The summed E-state index contributed by atoms with van der Waals surface area (Å²) in [7, 11) is 0. The van der Waals surface area contributed by atoms with Crippen LogP contribution in [0.15, 0.2) is 28.7 Å². The van der Waals surface area contributed by atoms with E-state index in [1.165, 1.54) is 6.42 Å². The molecule has 27 heavy (non-hydrogen) atoms. The fourth-order valence-corrected chi connectivity index (χ4v) is 4.17. The predicted octanol–water partition coefficient (Wildman–Crippen LogP) is 3.85. The number of anilines is 1. The normalized spacial score (nSPS) is 21.5. The molecule has 0 spiro atoms. The van der Waals surface area contributed by atoms with E-state index in [4.69, 9.17) is 9.15 Å². The van der Waals surface area contributed by atoms with Gasteiger partial charge in [-0.15, -0.1) is 0 Å². The fraction of sp³-hybridized carbons (Fsp3) is 0.571. The Kier molecular flexibility index (Phi) is 5.64. The summed E-state index contributed by atoms with van der Waals surface area (Å²) in [6.07, 6.45) is 4.42. The molecule has 0 aliphatic carbocycles. The van der Waals surface area contributed by atoms with Crippen LogP contribution in [0.4, 0.5) is 10.5 Å². The van der Waals surface area contributed by atoms with Gasteiger partial charge < -0.3 is 19.4 Å². The Labute approximate surface area is 160 Å². The summed E-state index contributed by atoms with van der Waals surface area (Å²) in [5.74, 6) is 0.882. The van der Waals surface area contributed by atoms with Crippen molar-refractivity contribution in [1.82, 2.24) is 9.80 Å². The lowest BCUT2D eigenvalue weighted by atomic mass is 9.99. The van der Waals surface area contributed by atoms with Crippen LogP contribution in [0.1, 0.15) is 31.4 Å². The highest BCUT2D eigenvalue weighted by Gasteiger charge is 2.27. The molecule has 1 atom stereocenters. The Morgan fingerprint density at radius 1 is 1.19 bits per heavy atom. The molecule has 0 radical (unpaired) electrons. The molecule has 0 unspecified atom stereocenters. The molecule has 2 amide bonds. The highest BCUT2D eigenvalue weighted by atomic mass is 16.5. The number of fused-ring (bicyclic) bond motifs is 1. The zero-order valence-electron chi connectivity index (χ0n) is 16.1. The van der Waals surface area contributed by atoms with E-state index in [9.17, 15) is 4.79 Å². The lowest BCUT2D eigenvalue weighted by molar-refractivity contribution is 0.0329. The number of nitrogens with zero attached hydrogens (tertiary/aromatic N) is 2. The smallest absolute Gasteiger partial charge is 0.322 e. The molecule has 1 aromatic carbocycles. The van der Waals surface area contributed by atoms with Gasteiger partial charge in [-0.05, 0) is 56.9 Å². The van der Waals surface area contributed by atoms with Crippen LogP contribution < -0.4 is 5.32 Å². The summed E-state index contributed by atoms with van der Waals surface area (Å²) < 4.78 is 11.0. The number of ether oxygens (including phenoxy) is 1. The summed E-state index contributed by atoms with van der Waals surface area (Å²) in [5, 5.41) is 4.11. The molecule has 1 aromatic heterocycles. The van der Waals surface area contributed by atoms with Gasteiger partial charge in [-0.25, -0.2) is 4.79 Å². The van der Waals surface area contributed by atoms with Crippen molar-refractivity contribution >= 4 is 22.7 Å². The zero-order valence-corrected chi connectivity index (χ0v) is 16.1. The highest BCUT2D eigenvalue weighted by molar-refractivity contribution is 5.92. The molecule has 0 saturated carbocycles. The van der Waals surface area contributed by atoms with Gasteiger partial charge in [0.05, 0.1) is 13.2 Å². The van der Waals surface area contributed by atoms with E-state index in [2.05, 4.69) is 10.2 Å². The van der Waals surface area contributed by atoms with Gasteiger partial charge in [0, 0.05) is 43.3 Å². The van der Waals surface area contributed by atoms with Crippen LogP contribution in [0.5, 0.6) is 0 Å². The van der Waals surface area contributed by atoms with E-state index < -0.39 is 0 Å². The van der Waals surface area contributed by atoms with Crippen LogP contribution in [0.25, 0.3) is 11.0 Å². The monoisotopic (exact) mass is 371 g/mol. The highest BCUT2D eigenvalue weighted by Crippen LogP contribution is 2.25. The van der Waals surface area contributed by atoms with Gasteiger partial charge >= 0.3 is 6.03 Å². The molecule has 1 N–H and O–H groups in total. The predicted molar refractivity (Wildman–Crippen MR) is 106 cm³/mol. The SMILES string of the molecule is Cc1cc2cc(NC(=O)N3CCCC[C@H]3CCN3CCOCC3)ccc2o1. The first-order valence-electron chi connectivity index (χ1n) is 10.1. The maximum absolute atomic E-state index is 12.9. The number of amides is 2. The number of morpholine rings is 1. The maximum atomic E-state index is 12.9. The summed E-state index contributed by atoms with van der Waals surface area (Å²) in [6, 6.07) is 8.15. The molecule has 0 bridgehead atoms. The van der Waals surface area contributed by atoms with Gasteiger partial charge in [-0.1, -0.05) is 0 Å². The van der Waals surface area contributed by atoms with Crippen molar-refractivity contribution in [2.24, 2.45) is 0 Å². The summed E-state index contributed by atoms with van der Waals surface area (Å²) in [6.45, 7) is 7.47. The Morgan fingerprint density at radius 2 is 2.04 bits per heavy atom. The molecule has 2 aliphatic rings. The van der Waals surface area contributed by atoms with Crippen LogP contribution in [-0.4, -0.2) is 61.3 Å². The average molecular weight is 371 g/mol. The first-order valence-corrected chi connectivity index (χ1v) is 10.1. The number of carbonyl (C=O) groups excluding carboxylic acids is 1.